The summed E-state index contributed by atoms with van der Waals surface area (Å²) in [5, 5.41) is 20.1. The van der Waals surface area contributed by atoms with Gasteiger partial charge in [0.2, 0.25) is 0 Å². The molecule has 0 saturated carbocycles. The lowest BCUT2D eigenvalue weighted by molar-refractivity contribution is -0.212. The van der Waals surface area contributed by atoms with Gasteiger partial charge in [0.1, 0.15) is 0 Å². The number of carbonyl (C=O) groups excluding carboxylic acids is 1. The standard InChI is InChI=1S/C12H23NO4/c1-11(2,3)10(16)17-13-6-4-12(8-14,9-15)5-7-13/h14-15H,4-9H2,1-3H3. The molecule has 1 heterocycles. The monoisotopic (exact) mass is 245 g/mol. The molecule has 1 saturated heterocycles. The number of piperidine rings is 1. The molecule has 5 heteroatoms. The summed E-state index contributed by atoms with van der Waals surface area (Å²) in [6.07, 6.45) is 1.27. The molecule has 0 unspecified atom stereocenters. The zero-order chi connectivity index (χ0) is 13.1. The number of aliphatic hydroxyl groups is 2. The van der Waals surface area contributed by atoms with E-state index in [1.165, 1.54) is 0 Å². The summed E-state index contributed by atoms with van der Waals surface area (Å²) in [6, 6.07) is 0. The third kappa shape index (κ3) is 3.66. The van der Waals surface area contributed by atoms with E-state index in [0.29, 0.717) is 25.9 Å². The third-order valence-corrected chi connectivity index (χ3v) is 3.28. The minimum Gasteiger partial charge on any atom is -0.396 e. The van der Waals surface area contributed by atoms with Crippen molar-refractivity contribution in [3.05, 3.63) is 0 Å². The van der Waals surface area contributed by atoms with Crippen molar-refractivity contribution >= 4 is 5.97 Å². The highest BCUT2D eigenvalue weighted by molar-refractivity contribution is 5.75. The molecule has 1 rings (SSSR count). The van der Waals surface area contributed by atoms with E-state index < -0.39 is 10.8 Å². The van der Waals surface area contributed by atoms with Crippen molar-refractivity contribution in [2.75, 3.05) is 26.3 Å². The van der Waals surface area contributed by atoms with E-state index in [4.69, 9.17) is 4.84 Å². The predicted molar refractivity (Wildman–Crippen MR) is 63.0 cm³/mol. The Morgan fingerprint density at radius 2 is 1.71 bits per heavy atom. The maximum atomic E-state index is 11.7. The molecule has 1 aliphatic rings. The second-order valence-corrected chi connectivity index (χ2v) is 5.87. The van der Waals surface area contributed by atoms with E-state index >= 15 is 0 Å². The quantitative estimate of drug-likeness (QED) is 0.760. The summed E-state index contributed by atoms with van der Waals surface area (Å²) in [5.41, 5.74) is -0.923. The average molecular weight is 245 g/mol. The van der Waals surface area contributed by atoms with Crippen LogP contribution < -0.4 is 0 Å². The van der Waals surface area contributed by atoms with Gasteiger partial charge in [0.15, 0.2) is 0 Å². The van der Waals surface area contributed by atoms with Gasteiger partial charge in [-0.1, -0.05) is 0 Å². The summed E-state index contributed by atoms with van der Waals surface area (Å²) >= 11 is 0. The normalized spacial score (nSPS) is 21.2. The van der Waals surface area contributed by atoms with Crippen LogP contribution in [0.15, 0.2) is 0 Å². The third-order valence-electron chi connectivity index (χ3n) is 3.28. The first-order valence-corrected chi connectivity index (χ1v) is 6.02. The molecule has 17 heavy (non-hydrogen) atoms. The largest absolute Gasteiger partial charge is 0.396 e. The minimum absolute atomic E-state index is 0.0233. The van der Waals surface area contributed by atoms with Crippen LogP contribution in [0.1, 0.15) is 33.6 Å². The predicted octanol–water partition coefficient (Wildman–Crippen LogP) is 0.557. The number of hydrogen-bond donors (Lipinski definition) is 2. The first-order chi connectivity index (χ1) is 7.83. The highest BCUT2D eigenvalue weighted by Crippen LogP contribution is 2.31. The van der Waals surface area contributed by atoms with Crippen molar-refractivity contribution < 1.29 is 19.8 Å². The zero-order valence-electron chi connectivity index (χ0n) is 10.9. The van der Waals surface area contributed by atoms with Crippen LogP contribution in [0.5, 0.6) is 0 Å². The van der Waals surface area contributed by atoms with Crippen LogP contribution in [0.25, 0.3) is 0 Å². The van der Waals surface area contributed by atoms with E-state index in [-0.39, 0.29) is 19.2 Å². The van der Waals surface area contributed by atoms with Gasteiger partial charge >= 0.3 is 5.97 Å². The van der Waals surface area contributed by atoms with Crippen molar-refractivity contribution in [3.63, 3.8) is 0 Å². The molecular formula is C12H23NO4. The van der Waals surface area contributed by atoms with Crippen molar-refractivity contribution in [1.82, 2.24) is 5.06 Å². The Labute approximate surface area is 102 Å². The van der Waals surface area contributed by atoms with Crippen LogP contribution in [0.4, 0.5) is 0 Å². The second kappa shape index (κ2) is 5.33. The molecule has 0 radical (unpaired) electrons. The number of aliphatic hydroxyl groups excluding tert-OH is 2. The highest BCUT2D eigenvalue weighted by Gasteiger charge is 2.35. The van der Waals surface area contributed by atoms with Gasteiger partial charge in [0, 0.05) is 18.5 Å². The second-order valence-electron chi connectivity index (χ2n) is 5.87. The topological polar surface area (TPSA) is 70.0 Å². The van der Waals surface area contributed by atoms with E-state index in [2.05, 4.69) is 0 Å². The van der Waals surface area contributed by atoms with Gasteiger partial charge in [-0.2, -0.15) is 0 Å². The molecule has 0 spiro atoms. The fraction of sp³-hybridized carbons (Fsp3) is 0.917. The zero-order valence-corrected chi connectivity index (χ0v) is 10.9. The van der Waals surface area contributed by atoms with Crippen molar-refractivity contribution in [3.8, 4) is 0 Å². The van der Waals surface area contributed by atoms with Crippen molar-refractivity contribution in [1.29, 1.82) is 0 Å². The lowest BCUT2D eigenvalue weighted by atomic mass is 9.80. The van der Waals surface area contributed by atoms with Gasteiger partial charge < -0.3 is 15.1 Å². The molecule has 0 bridgehead atoms. The Balaban J connectivity index is 2.45. The van der Waals surface area contributed by atoms with Crippen LogP contribution in [-0.2, 0) is 9.63 Å². The Morgan fingerprint density at radius 3 is 2.06 bits per heavy atom. The summed E-state index contributed by atoms with van der Waals surface area (Å²) in [6.45, 7) is 6.50. The molecule has 0 atom stereocenters. The molecule has 0 aromatic heterocycles. The number of hydroxylamine groups is 2. The van der Waals surface area contributed by atoms with Gasteiger partial charge in [0.05, 0.1) is 18.6 Å². The van der Waals surface area contributed by atoms with E-state index in [1.807, 2.05) is 20.8 Å². The maximum Gasteiger partial charge on any atom is 0.330 e. The van der Waals surface area contributed by atoms with E-state index in [9.17, 15) is 15.0 Å². The Hall–Kier alpha value is -0.650. The van der Waals surface area contributed by atoms with Crippen LogP contribution in [-0.4, -0.2) is 47.5 Å². The van der Waals surface area contributed by atoms with E-state index in [0.717, 1.165) is 0 Å². The Morgan fingerprint density at radius 1 is 1.24 bits per heavy atom. The minimum atomic E-state index is -0.511. The smallest absolute Gasteiger partial charge is 0.330 e. The summed E-state index contributed by atoms with van der Waals surface area (Å²) in [7, 11) is 0. The van der Waals surface area contributed by atoms with Crippen molar-refractivity contribution in [2.45, 2.75) is 33.6 Å². The SMILES string of the molecule is CC(C)(C)C(=O)ON1CCC(CO)(CO)CC1. The summed E-state index contributed by atoms with van der Waals surface area (Å²) in [5.74, 6) is -0.252. The molecule has 2 N–H and O–H groups in total. The van der Waals surface area contributed by atoms with Gasteiger partial charge in [-0.15, -0.1) is 5.06 Å². The number of rotatable bonds is 3. The molecule has 0 aromatic carbocycles. The number of nitrogens with zero attached hydrogens (tertiary/aromatic N) is 1. The van der Waals surface area contributed by atoms with Crippen LogP contribution in [0.3, 0.4) is 0 Å². The first kappa shape index (κ1) is 14.4. The molecule has 1 aliphatic heterocycles. The van der Waals surface area contributed by atoms with Crippen molar-refractivity contribution in [2.24, 2.45) is 10.8 Å². The molecule has 0 aromatic rings. The van der Waals surface area contributed by atoms with Crippen LogP contribution in [0, 0.1) is 10.8 Å². The van der Waals surface area contributed by atoms with E-state index in [1.54, 1.807) is 5.06 Å². The Bertz CT molecular complexity index is 258. The molecule has 100 valence electrons. The van der Waals surface area contributed by atoms with Crippen LogP contribution >= 0.6 is 0 Å². The summed E-state index contributed by atoms with van der Waals surface area (Å²) in [4.78, 5) is 16.9. The highest BCUT2D eigenvalue weighted by atomic mass is 16.7. The first-order valence-electron chi connectivity index (χ1n) is 6.02. The molecule has 1 fully saturated rings. The van der Waals surface area contributed by atoms with Gasteiger partial charge in [0.25, 0.3) is 0 Å². The maximum absolute atomic E-state index is 11.7. The summed E-state index contributed by atoms with van der Waals surface area (Å²) < 4.78 is 0. The van der Waals surface area contributed by atoms with Gasteiger partial charge in [-0.3, -0.25) is 0 Å². The molecule has 0 aliphatic carbocycles. The Kier molecular flexibility index (Phi) is 4.52. The van der Waals surface area contributed by atoms with Gasteiger partial charge in [-0.25, -0.2) is 4.79 Å². The fourth-order valence-electron chi connectivity index (χ4n) is 1.67. The fourth-order valence-corrected chi connectivity index (χ4v) is 1.67. The number of carbonyl (C=O) groups is 1. The number of hydrogen-bond acceptors (Lipinski definition) is 5. The lowest BCUT2D eigenvalue weighted by Gasteiger charge is -2.38. The lowest BCUT2D eigenvalue weighted by Crippen LogP contribution is -2.45. The van der Waals surface area contributed by atoms with Gasteiger partial charge in [-0.05, 0) is 33.6 Å². The molecular weight excluding hydrogens is 222 g/mol. The average Bonchev–Trinajstić information content (AvgIpc) is 2.29. The molecule has 5 nitrogen and oxygen atoms in total. The van der Waals surface area contributed by atoms with Crippen LogP contribution in [0.2, 0.25) is 0 Å². The molecule has 0 amide bonds.